The van der Waals surface area contributed by atoms with Gasteiger partial charge in [0.25, 0.3) is 11.7 Å². The first-order valence-electron chi connectivity index (χ1n) is 6.08. The molecular weight excluding hydrogens is 250 g/mol. The van der Waals surface area contributed by atoms with Gasteiger partial charge in [-0.25, -0.2) is 0 Å². The van der Waals surface area contributed by atoms with Crippen LogP contribution in [0.1, 0.15) is 6.42 Å². The van der Waals surface area contributed by atoms with E-state index in [1.807, 2.05) is 4.90 Å². The van der Waals surface area contributed by atoms with Crippen LogP contribution < -0.4 is 4.90 Å². The van der Waals surface area contributed by atoms with E-state index in [1.165, 1.54) is 12.1 Å². The zero-order valence-electron chi connectivity index (χ0n) is 10.2. The first kappa shape index (κ1) is 11.9. The van der Waals surface area contributed by atoms with Gasteiger partial charge in [-0.1, -0.05) is 0 Å². The Balaban J connectivity index is 1.91. The van der Waals surface area contributed by atoms with Crippen LogP contribution in [0.2, 0.25) is 0 Å². The fraction of sp³-hybridized carbons (Fsp3) is 0.417. The Kier molecular flexibility index (Phi) is 2.83. The maximum atomic E-state index is 10.7. The van der Waals surface area contributed by atoms with Gasteiger partial charge in [-0.15, -0.1) is 0 Å². The number of nitro benzene ring substituents is 1. The van der Waals surface area contributed by atoms with Crippen molar-refractivity contribution < 1.29 is 14.4 Å². The second kappa shape index (κ2) is 4.51. The predicted molar refractivity (Wildman–Crippen MR) is 68.1 cm³/mol. The summed E-state index contributed by atoms with van der Waals surface area (Å²) in [5.41, 5.74) is 1.02. The van der Waals surface area contributed by atoms with Crippen molar-refractivity contribution in [3.63, 3.8) is 0 Å². The molecule has 1 aromatic heterocycles. The van der Waals surface area contributed by atoms with E-state index in [4.69, 9.17) is 9.52 Å². The smallest absolute Gasteiger partial charge is 0.298 e. The molecule has 1 aliphatic rings. The molecule has 7 nitrogen and oxygen atoms in total. The number of nitrogens with zero attached hydrogens (tertiary/aromatic N) is 3. The van der Waals surface area contributed by atoms with E-state index < -0.39 is 4.92 Å². The van der Waals surface area contributed by atoms with Gasteiger partial charge >= 0.3 is 0 Å². The molecule has 1 aliphatic heterocycles. The third kappa shape index (κ3) is 2.12. The number of benzene rings is 1. The van der Waals surface area contributed by atoms with Crippen LogP contribution in [0.3, 0.4) is 0 Å². The van der Waals surface area contributed by atoms with Crippen LogP contribution in [0, 0.1) is 16.0 Å². The minimum absolute atomic E-state index is 0.00186. The second-order valence-electron chi connectivity index (χ2n) is 4.69. The summed E-state index contributed by atoms with van der Waals surface area (Å²) in [4.78, 5) is 16.5. The first-order chi connectivity index (χ1) is 9.17. The van der Waals surface area contributed by atoms with Crippen molar-refractivity contribution in [3.8, 4) is 0 Å². The van der Waals surface area contributed by atoms with Crippen molar-refractivity contribution >= 4 is 22.8 Å². The molecule has 0 bridgehead atoms. The molecule has 0 unspecified atom stereocenters. The van der Waals surface area contributed by atoms with Crippen LogP contribution in [0.5, 0.6) is 0 Å². The highest BCUT2D eigenvalue weighted by atomic mass is 16.6. The van der Waals surface area contributed by atoms with Gasteiger partial charge in [0.2, 0.25) is 0 Å². The SMILES string of the molecule is O=[N+]([O-])c1ccc2oc(N3CC[C@H](CO)C3)nc2c1. The van der Waals surface area contributed by atoms with Gasteiger partial charge in [0.15, 0.2) is 5.58 Å². The van der Waals surface area contributed by atoms with E-state index in [9.17, 15) is 10.1 Å². The van der Waals surface area contributed by atoms with Gasteiger partial charge < -0.3 is 14.4 Å². The summed E-state index contributed by atoms with van der Waals surface area (Å²) in [6.45, 7) is 1.63. The summed E-state index contributed by atoms with van der Waals surface area (Å²) in [6.07, 6.45) is 0.898. The molecule has 2 heterocycles. The molecule has 0 amide bonds. The molecule has 1 saturated heterocycles. The Morgan fingerprint density at radius 2 is 2.42 bits per heavy atom. The quantitative estimate of drug-likeness (QED) is 0.667. The molecule has 1 aromatic carbocycles. The number of aliphatic hydroxyl groups is 1. The lowest BCUT2D eigenvalue weighted by Gasteiger charge is -2.12. The molecular formula is C12H13N3O4. The number of aliphatic hydroxyl groups excluding tert-OH is 1. The minimum atomic E-state index is -0.453. The van der Waals surface area contributed by atoms with Crippen LogP contribution in [0.4, 0.5) is 11.7 Å². The predicted octanol–water partition coefficient (Wildman–Crippen LogP) is 1.55. The van der Waals surface area contributed by atoms with E-state index in [0.717, 1.165) is 13.0 Å². The Labute approximate surface area is 108 Å². The van der Waals surface area contributed by atoms with E-state index in [2.05, 4.69) is 4.98 Å². The molecule has 0 radical (unpaired) electrons. The van der Waals surface area contributed by atoms with Gasteiger partial charge in [0.05, 0.1) is 4.92 Å². The normalized spacial score (nSPS) is 19.2. The van der Waals surface area contributed by atoms with E-state index >= 15 is 0 Å². The standard InChI is InChI=1S/C12H13N3O4/c16-7-8-3-4-14(6-8)12-13-10-5-9(15(17)18)1-2-11(10)19-12/h1-2,5,8,16H,3-4,6-7H2/t8-/m0/s1. The van der Waals surface area contributed by atoms with Crippen LogP contribution in [0.25, 0.3) is 11.1 Å². The van der Waals surface area contributed by atoms with E-state index in [-0.39, 0.29) is 18.2 Å². The fourth-order valence-corrected chi connectivity index (χ4v) is 2.31. The highest BCUT2D eigenvalue weighted by Crippen LogP contribution is 2.28. The lowest BCUT2D eigenvalue weighted by Crippen LogP contribution is -2.20. The van der Waals surface area contributed by atoms with Crippen LogP contribution in [0.15, 0.2) is 22.6 Å². The molecule has 2 aromatic rings. The molecule has 1 N–H and O–H groups in total. The molecule has 1 fully saturated rings. The van der Waals surface area contributed by atoms with Crippen LogP contribution >= 0.6 is 0 Å². The molecule has 7 heteroatoms. The summed E-state index contributed by atoms with van der Waals surface area (Å²) in [7, 11) is 0. The number of oxazole rings is 1. The second-order valence-corrected chi connectivity index (χ2v) is 4.69. The van der Waals surface area contributed by atoms with Crippen molar-refractivity contribution in [1.29, 1.82) is 0 Å². The van der Waals surface area contributed by atoms with Crippen molar-refractivity contribution in [1.82, 2.24) is 4.98 Å². The topological polar surface area (TPSA) is 92.6 Å². The zero-order valence-corrected chi connectivity index (χ0v) is 10.2. The summed E-state index contributed by atoms with van der Waals surface area (Å²) in [5, 5.41) is 19.8. The highest BCUT2D eigenvalue weighted by Gasteiger charge is 2.25. The number of rotatable bonds is 3. The average molecular weight is 263 g/mol. The molecule has 0 saturated carbocycles. The monoisotopic (exact) mass is 263 g/mol. The molecule has 1 atom stereocenters. The molecule has 0 spiro atoms. The number of aromatic nitrogens is 1. The molecule has 100 valence electrons. The maximum absolute atomic E-state index is 10.7. The number of nitro groups is 1. The Hall–Kier alpha value is -2.15. The Morgan fingerprint density at radius 1 is 1.58 bits per heavy atom. The minimum Gasteiger partial charge on any atom is -0.423 e. The third-order valence-corrected chi connectivity index (χ3v) is 3.39. The van der Waals surface area contributed by atoms with Gasteiger partial charge in [-0.2, -0.15) is 4.98 Å². The van der Waals surface area contributed by atoms with Crippen LogP contribution in [-0.4, -0.2) is 34.7 Å². The summed E-state index contributed by atoms with van der Waals surface area (Å²) >= 11 is 0. The van der Waals surface area contributed by atoms with Crippen LogP contribution in [-0.2, 0) is 0 Å². The first-order valence-corrected chi connectivity index (χ1v) is 6.08. The Bertz CT molecular complexity index is 624. The van der Waals surface area contributed by atoms with Gasteiger partial charge in [0, 0.05) is 37.7 Å². The van der Waals surface area contributed by atoms with Gasteiger partial charge in [-0.05, 0) is 12.5 Å². The average Bonchev–Trinajstić information content (AvgIpc) is 3.03. The summed E-state index contributed by atoms with van der Waals surface area (Å²) in [5.74, 6) is 0.240. The van der Waals surface area contributed by atoms with Crippen molar-refractivity contribution in [2.24, 2.45) is 5.92 Å². The van der Waals surface area contributed by atoms with E-state index in [1.54, 1.807) is 6.07 Å². The molecule has 19 heavy (non-hydrogen) atoms. The third-order valence-electron chi connectivity index (χ3n) is 3.39. The fourth-order valence-electron chi connectivity index (χ4n) is 2.31. The Morgan fingerprint density at radius 3 is 3.11 bits per heavy atom. The zero-order chi connectivity index (χ0) is 13.4. The lowest BCUT2D eigenvalue weighted by atomic mass is 10.1. The lowest BCUT2D eigenvalue weighted by molar-refractivity contribution is -0.384. The maximum Gasteiger partial charge on any atom is 0.298 e. The number of hydrogen-bond donors (Lipinski definition) is 1. The highest BCUT2D eigenvalue weighted by molar-refractivity contribution is 5.77. The summed E-state index contributed by atoms with van der Waals surface area (Å²) < 4.78 is 5.59. The number of anilines is 1. The largest absolute Gasteiger partial charge is 0.423 e. The summed E-state index contributed by atoms with van der Waals surface area (Å²) in [6, 6.07) is 4.83. The number of hydrogen-bond acceptors (Lipinski definition) is 6. The van der Waals surface area contributed by atoms with Crippen molar-refractivity contribution in [2.45, 2.75) is 6.42 Å². The number of fused-ring (bicyclic) bond motifs is 1. The van der Waals surface area contributed by atoms with E-state index in [0.29, 0.717) is 23.7 Å². The molecule has 3 rings (SSSR count). The van der Waals surface area contributed by atoms with Crippen molar-refractivity contribution in [3.05, 3.63) is 28.3 Å². The molecule has 0 aliphatic carbocycles. The van der Waals surface area contributed by atoms with Gasteiger partial charge in [-0.3, -0.25) is 10.1 Å². The van der Waals surface area contributed by atoms with Crippen molar-refractivity contribution in [2.75, 3.05) is 24.6 Å². The van der Waals surface area contributed by atoms with Gasteiger partial charge in [0.1, 0.15) is 5.52 Å². The number of non-ortho nitro benzene ring substituents is 1.